The van der Waals surface area contributed by atoms with Crippen molar-refractivity contribution in [1.82, 2.24) is 0 Å². The largest absolute Gasteiger partial charge is 0.481 e. The first kappa shape index (κ1) is 19.2. The van der Waals surface area contributed by atoms with Crippen LogP contribution in [0.3, 0.4) is 0 Å². The van der Waals surface area contributed by atoms with Gasteiger partial charge in [-0.05, 0) is 37.5 Å². The molecule has 0 aliphatic heterocycles. The van der Waals surface area contributed by atoms with Gasteiger partial charge in [-0.25, -0.2) is 0 Å². The number of carbonyl (C=O) groups is 2. The Morgan fingerprint density at radius 1 is 1.13 bits per heavy atom. The fraction of sp³-hybridized carbons (Fsp3) is 0.556. The normalized spacial score (nSPS) is 12.7. The van der Waals surface area contributed by atoms with Gasteiger partial charge in [-0.3, -0.25) is 9.59 Å². The van der Waals surface area contributed by atoms with Crippen molar-refractivity contribution in [1.29, 1.82) is 0 Å². The molecule has 0 aromatic heterocycles. The number of carboxylic acid groups (broad SMARTS) is 1. The predicted octanol–water partition coefficient (Wildman–Crippen LogP) is 3.53. The van der Waals surface area contributed by atoms with E-state index in [1.54, 1.807) is 31.2 Å². The summed E-state index contributed by atoms with van der Waals surface area (Å²) in [7, 11) is 0. The lowest BCUT2D eigenvalue weighted by molar-refractivity contribution is -0.138. The van der Waals surface area contributed by atoms with Gasteiger partial charge >= 0.3 is 5.97 Å². The summed E-state index contributed by atoms with van der Waals surface area (Å²) < 4.78 is 0. The first-order chi connectivity index (χ1) is 10.8. The molecule has 0 saturated heterocycles. The van der Waals surface area contributed by atoms with Gasteiger partial charge in [0.25, 0.3) is 0 Å². The van der Waals surface area contributed by atoms with E-state index in [9.17, 15) is 14.7 Å². The molecular formula is C18H27NO4. The first-order valence-electron chi connectivity index (χ1n) is 8.16. The Labute approximate surface area is 137 Å². The van der Waals surface area contributed by atoms with Crippen LogP contribution in [-0.2, 0) is 9.59 Å². The molecule has 1 unspecified atom stereocenters. The van der Waals surface area contributed by atoms with Crippen molar-refractivity contribution in [3.63, 3.8) is 0 Å². The Kier molecular flexibility index (Phi) is 7.23. The van der Waals surface area contributed by atoms with Crippen LogP contribution in [0.4, 0.5) is 5.69 Å². The van der Waals surface area contributed by atoms with Crippen LogP contribution in [0.25, 0.3) is 0 Å². The molecule has 0 heterocycles. The second-order valence-corrected chi connectivity index (χ2v) is 6.13. The second-order valence-electron chi connectivity index (χ2n) is 6.13. The SMILES string of the molecule is CCCC(O)(CCC)CC(=O)Nc1ccc(C(C)C(=O)O)cc1. The van der Waals surface area contributed by atoms with Gasteiger partial charge in [0.15, 0.2) is 0 Å². The van der Waals surface area contributed by atoms with Crippen molar-refractivity contribution < 1.29 is 19.8 Å². The van der Waals surface area contributed by atoms with E-state index < -0.39 is 17.5 Å². The molecule has 0 saturated carbocycles. The molecule has 0 aliphatic carbocycles. The highest BCUT2D eigenvalue weighted by molar-refractivity contribution is 5.91. The van der Waals surface area contributed by atoms with E-state index in [4.69, 9.17) is 5.11 Å². The van der Waals surface area contributed by atoms with Crippen molar-refractivity contribution in [2.24, 2.45) is 0 Å². The van der Waals surface area contributed by atoms with Gasteiger partial charge in [-0.2, -0.15) is 0 Å². The summed E-state index contributed by atoms with van der Waals surface area (Å²) in [6.07, 6.45) is 2.92. The molecule has 5 nitrogen and oxygen atoms in total. The average Bonchev–Trinajstić information content (AvgIpc) is 2.47. The predicted molar refractivity (Wildman–Crippen MR) is 90.5 cm³/mol. The third-order valence-electron chi connectivity index (χ3n) is 3.99. The maximum atomic E-state index is 12.1. The van der Waals surface area contributed by atoms with Crippen LogP contribution in [0.2, 0.25) is 0 Å². The molecule has 5 heteroatoms. The molecule has 3 N–H and O–H groups in total. The summed E-state index contributed by atoms with van der Waals surface area (Å²) in [6.45, 7) is 5.59. The summed E-state index contributed by atoms with van der Waals surface area (Å²) in [6, 6.07) is 6.76. The summed E-state index contributed by atoms with van der Waals surface area (Å²) >= 11 is 0. The van der Waals surface area contributed by atoms with Crippen LogP contribution in [0.1, 0.15) is 64.4 Å². The van der Waals surface area contributed by atoms with Gasteiger partial charge in [0.05, 0.1) is 17.9 Å². The quantitative estimate of drug-likeness (QED) is 0.649. The Balaban J connectivity index is 2.68. The number of hydrogen-bond acceptors (Lipinski definition) is 3. The van der Waals surface area contributed by atoms with Gasteiger partial charge in [-0.1, -0.05) is 38.8 Å². The molecule has 1 amide bonds. The van der Waals surface area contributed by atoms with E-state index in [-0.39, 0.29) is 12.3 Å². The number of rotatable bonds is 9. The highest BCUT2D eigenvalue weighted by atomic mass is 16.4. The van der Waals surface area contributed by atoms with Gasteiger partial charge in [0.1, 0.15) is 0 Å². The van der Waals surface area contributed by atoms with Gasteiger partial charge in [0, 0.05) is 5.69 Å². The smallest absolute Gasteiger partial charge is 0.310 e. The zero-order chi connectivity index (χ0) is 17.5. The number of aliphatic hydroxyl groups is 1. The first-order valence-corrected chi connectivity index (χ1v) is 8.16. The topological polar surface area (TPSA) is 86.6 Å². The van der Waals surface area contributed by atoms with Crippen LogP contribution in [0.5, 0.6) is 0 Å². The molecular weight excluding hydrogens is 294 g/mol. The van der Waals surface area contributed by atoms with Gasteiger partial charge < -0.3 is 15.5 Å². The number of amides is 1. The molecule has 1 aromatic rings. The van der Waals surface area contributed by atoms with Crippen LogP contribution in [-0.4, -0.2) is 27.7 Å². The minimum absolute atomic E-state index is 0.0714. The lowest BCUT2D eigenvalue weighted by Gasteiger charge is -2.26. The number of aliphatic carboxylic acids is 1. The lowest BCUT2D eigenvalue weighted by atomic mass is 9.89. The van der Waals surface area contributed by atoms with E-state index in [1.807, 2.05) is 13.8 Å². The molecule has 1 atom stereocenters. The standard InChI is InChI=1S/C18H27NO4/c1-4-10-18(23,11-5-2)12-16(20)19-15-8-6-14(7-9-15)13(3)17(21)22/h6-9,13,23H,4-5,10-12H2,1-3H3,(H,19,20)(H,21,22). The van der Waals surface area contributed by atoms with E-state index in [0.717, 1.165) is 12.8 Å². The number of anilines is 1. The Morgan fingerprint density at radius 2 is 1.65 bits per heavy atom. The van der Waals surface area contributed by atoms with Crippen molar-refractivity contribution in [2.45, 2.75) is 64.4 Å². The minimum Gasteiger partial charge on any atom is -0.481 e. The Morgan fingerprint density at radius 3 is 2.09 bits per heavy atom. The maximum absolute atomic E-state index is 12.1. The number of nitrogens with one attached hydrogen (secondary N) is 1. The number of hydrogen-bond donors (Lipinski definition) is 3. The number of carboxylic acids is 1. The molecule has 0 radical (unpaired) electrons. The van der Waals surface area contributed by atoms with Gasteiger partial charge in [0.2, 0.25) is 5.91 Å². The van der Waals surface area contributed by atoms with Crippen LogP contribution in [0, 0.1) is 0 Å². The highest BCUT2D eigenvalue weighted by Gasteiger charge is 2.28. The zero-order valence-electron chi connectivity index (χ0n) is 14.1. The molecule has 0 bridgehead atoms. The summed E-state index contributed by atoms with van der Waals surface area (Å²) in [4.78, 5) is 23.1. The van der Waals surface area contributed by atoms with Crippen molar-refractivity contribution in [2.75, 3.05) is 5.32 Å². The van der Waals surface area contributed by atoms with Crippen molar-refractivity contribution >= 4 is 17.6 Å². The van der Waals surface area contributed by atoms with E-state index >= 15 is 0 Å². The van der Waals surface area contributed by atoms with Crippen LogP contribution >= 0.6 is 0 Å². The van der Waals surface area contributed by atoms with Crippen LogP contribution in [0.15, 0.2) is 24.3 Å². The lowest BCUT2D eigenvalue weighted by Crippen LogP contribution is -2.33. The molecule has 0 fully saturated rings. The van der Waals surface area contributed by atoms with E-state index in [1.165, 1.54) is 0 Å². The highest BCUT2D eigenvalue weighted by Crippen LogP contribution is 2.24. The second kappa shape index (κ2) is 8.67. The summed E-state index contributed by atoms with van der Waals surface area (Å²) in [5.41, 5.74) is 0.335. The zero-order valence-corrected chi connectivity index (χ0v) is 14.1. The van der Waals surface area contributed by atoms with E-state index in [2.05, 4.69) is 5.32 Å². The van der Waals surface area contributed by atoms with Crippen molar-refractivity contribution in [3.05, 3.63) is 29.8 Å². The maximum Gasteiger partial charge on any atom is 0.310 e. The Bertz CT molecular complexity index is 518. The number of benzene rings is 1. The summed E-state index contributed by atoms with van der Waals surface area (Å²) in [5, 5.41) is 22.3. The molecule has 1 rings (SSSR count). The van der Waals surface area contributed by atoms with E-state index in [0.29, 0.717) is 24.1 Å². The van der Waals surface area contributed by atoms with Gasteiger partial charge in [-0.15, -0.1) is 0 Å². The molecule has 0 spiro atoms. The third-order valence-corrected chi connectivity index (χ3v) is 3.99. The monoisotopic (exact) mass is 321 g/mol. The number of carbonyl (C=O) groups excluding carboxylic acids is 1. The fourth-order valence-electron chi connectivity index (χ4n) is 2.73. The minimum atomic E-state index is -0.953. The summed E-state index contributed by atoms with van der Waals surface area (Å²) in [5.74, 6) is -1.70. The Hall–Kier alpha value is -1.88. The molecule has 1 aromatic carbocycles. The molecule has 128 valence electrons. The van der Waals surface area contributed by atoms with Crippen molar-refractivity contribution in [3.8, 4) is 0 Å². The molecule has 0 aliphatic rings. The fourth-order valence-corrected chi connectivity index (χ4v) is 2.73. The van der Waals surface area contributed by atoms with Crippen LogP contribution < -0.4 is 5.32 Å². The average molecular weight is 321 g/mol. The molecule has 23 heavy (non-hydrogen) atoms. The third kappa shape index (κ3) is 6.02.